The van der Waals surface area contributed by atoms with Crippen molar-refractivity contribution >= 4 is 11.3 Å². The maximum atomic E-state index is 5.97. The molecule has 0 aliphatic heterocycles. The van der Waals surface area contributed by atoms with E-state index in [2.05, 4.69) is 44.2 Å². The molecule has 0 saturated carbocycles. The maximum absolute atomic E-state index is 5.97. The van der Waals surface area contributed by atoms with Gasteiger partial charge < -0.3 is 10.5 Å². The van der Waals surface area contributed by atoms with Crippen LogP contribution in [0.4, 0.5) is 0 Å². The Labute approximate surface area is 119 Å². The molecule has 2 aromatic rings. The molecule has 1 heterocycles. The van der Waals surface area contributed by atoms with E-state index in [1.807, 2.05) is 18.3 Å². The fourth-order valence-corrected chi connectivity index (χ4v) is 3.28. The summed E-state index contributed by atoms with van der Waals surface area (Å²) < 4.78 is 5.59. The number of benzene rings is 1. The number of nitrogens with two attached hydrogens (primary N) is 1. The highest BCUT2D eigenvalue weighted by Gasteiger charge is 2.15. The molecule has 2 nitrogen and oxygen atoms in total. The monoisotopic (exact) mass is 275 g/mol. The Balaban J connectivity index is 2.31. The van der Waals surface area contributed by atoms with Crippen LogP contribution in [0.25, 0.3) is 0 Å². The minimum Gasteiger partial charge on any atom is -0.494 e. The van der Waals surface area contributed by atoms with E-state index in [0.717, 1.165) is 5.75 Å². The molecule has 0 saturated heterocycles. The molecular weight excluding hydrogens is 254 g/mol. The summed E-state index contributed by atoms with van der Waals surface area (Å²) in [6, 6.07) is 10.7. The fourth-order valence-electron chi connectivity index (χ4n) is 2.26. The molecule has 0 aliphatic carbocycles. The second-order valence-electron chi connectivity index (χ2n) is 4.69. The van der Waals surface area contributed by atoms with Gasteiger partial charge in [-0.05, 0) is 50.1 Å². The molecule has 0 radical (unpaired) electrons. The lowest BCUT2D eigenvalue weighted by Gasteiger charge is -2.16. The number of aryl methyl sites for hydroxylation is 2. The second-order valence-corrected chi connectivity index (χ2v) is 6.01. The van der Waals surface area contributed by atoms with Gasteiger partial charge in [0.15, 0.2) is 0 Å². The summed E-state index contributed by atoms with van der Waals surface area (Å²) in [5.74, 6) is 1.25. The van der Waals surface area contributed by atoms with E-state index in [9.17, 15) is 0 Å². The topological polar surface area (TPSA) is 35.2 Å². The highest BCUT2D eigenvalue weighted by Crippen LogP contribution is 2.31. The van der Waals surface area contributed by atoms with Gasteiger partial charge in [0.1, 0.15) is 5.75 Å². The predicted octanol–water partition coefficient (Wildman–Crippen LogP) is 3.85. The molecule has 19 heavy (non-hydrogen) atoms. The minimum atomic E-state index is 0.285. The lowest BCUT2D eigenvalue weighted by molar-refractivity contribution is 0.338. The summed E-state index contributed by atoms with van der Waals surface area (Å²) in [4.78, 5) is 2.67. The molecule has 1 aromatic carbocycles. The quantitative estimate of drug-likeness (QED) is 0.899. The van der Waals surface area contributed by atoms with Crippen molar-refractivity contribution in [2.45, 2.75) is 26.7 Å². The van der Waals surface area contributed by atoms with E-state index in [-0.39, 0.29) is 5.92 Å². The molecule has 1 aromatic heterocycles. The molecule has 0 bridgehead atoms. The van der Waals surface area contributed by atoms with Crippen molar-refractivity contribution in [2.75, 3.05) is 13.2 Å². The molecular formula is C16H21NOS. The van der Waals surface area contributed by atoms with Crippen molar-refractivity contribution in [3.05, 3.63) is 51.2 Å². The Hall–Kier alpha value is -1.32. The zero-order valence-corrected chi connectivity index (χ0v) is 12.6. The molecule has 0 fully saturated rings. The van der Waals surface area contributed by atoms with Gasteiger partial charge in [0.2, 0.25) is 0 Å². The number of rotatable bonds is 5. The first-order chi connectivity index (χ1) is 9.15. The minimum absolute atomic E-state index is 0.285. The highest BCUT2D eigenvalue weighted by molar-refractivity contribution is 7.12. The van der Waals surface area contributed by atoms with Crippen LogP contribution >= 0.6 is 11.3 Å². The van der Waals surface area contributed by atoms with E-state index >= 15 is 0 Å². The molecule has 0 aliphatic rings. The van der Waals surface area contributed by atoms with Crippen molar-refractivity contribution in [1.82, 2.24) is 0 Å². The lowest BCUT2D eigenvalue weighted by atomic mass is 9.96. The van der Waals surface area contributed by atoms with Crippen LogP contribution in [0, 0.1) is 13.8 Å². The van der Waals surface area contributed by atoms with Crippen LogP contribution in [0.2, 0.25) is 0 Å². The fraction of sp³-hybridized carbons (Fsp3) is 0.375. The zero-order chi connectivity index (χ0) is 13.8. The Kier molecular flexibility index (Phi) is 4.61. The van der Waals surface area contributed by atoms with E-state index in [1.54, 1.807) is 0 Å². The van der Waals surface area contributed by atoms with Crippen LogP contribution in [0.15, 0.2) is 30.3 Å². The third kappa shape index (κ3) is 3.17. The van der Waals surface area contributed by atoms with Crippen molar-refractivity contribution in [2.24, 2.45) is 5.73 Å². The van der Waals surface area contributed by atoms with Crippen molar-refractivity contribution in [1.29, 1.82) is 0 Å². The summed E-state index contributed by atoms with van der Waals surface area (Å²) in [6.45, 7) is 7.55. The van der Waals surface area contributed by atoms with Gasteiger partial charge in [-0.25, -0.2) is 0 Å². The maximum Gasteiger partial charge on any atom is 0.122 e. The van der Waals surface area contributed by atoms with Crippen LogP contribution in [0.5, 0.6) is 5.75 Å². The number of thiophene rings is 1. The molecule has 1 unspecified atom stereocenters. The van der Waals surface area contributed by atoms with Crippen molar-refractivity contribution in [3.63, 3.8) is 0 Å². The normalized spacial score (nSPS) is 12.4. The highest BCUT2D eigenvalue weighted by atomic mass is 32.1. The molecule has 1 atom stereocenters. The van der Waals surface area contributed by atoms with Gasteiger partial charge in [-0.2, -0.15) is 0 Å². The summed E-state index contributed by atoms with van der Waals surface area (Å²) in [6.07, 6.45) is 0. The average molecular weight is 275 g/mol. The second kappa shape index (κ2) is 6.22. The summed E-state index contributed by atoms with van der Waals surface area (Å²) in [7, 11) is 0. The molecule has 2 N–H and O–H groups in total. The van der Waals surface area contributed by atoms with E-state index in [1.165, 1.54) is 20.9 Å². The van der Waals surface area contributed by atoms with Gasteiger partial charge in [0.05, 0.1) is 6.61 Å². The van der Waals surface area contributed by atoms with Gasteiger partial charge in [-0.3, -0.25) is 0 Å². The van der Waals surface area contributed by atoms with E-state index in [0.29, 0.717) is 13.2 Å². The Bertz CT molecular complexity index is 547. The smallest absolute Gasteiger partial charge is 0.122 e. The van der Waals surface area contributed by atoms with Crippen molar-refractivity contribution < 1.29 is 4.74 Å². The van der Waals surface area contributed by atoms with Crippen molar-refractivity contribution in [3.8, 4) is 5.75 Å². The van der Waals surface area contributed by atoms with E-state index < -0.39 is 0 Å². The van der Waals surface area contributed by atoms with Crippen LogP contribution in [-0.4, -0.2) is 13.2 Å². The van der Waals surface area contributed by atoms with Gasteiger partial charge in [-0.1, -0.05) is 12.1 Å². The van der Waals surface area contributed by atoms with Gasteiger partial charge in [-0.15, -0.1) is 11.3 Å². The first-order valence-electron chi connectivity index (χ1n) is 6.65. The molecule has 102 valence electrons. The third-order valence-corrected chi connectivity index (χ3v) is 4.36. The average Bonchev–Trinajstić information content (AvgIpc) is 2.80. The van der Waals surface area contributed by atoms with Crippen LogP contribution in [0.3, 0.4) is 0 Å². The Morgan fingerprint density at radius 1 is 1.21 bits per heavy atom. The Morgan fingerprint density at radius 2 is 2.00 bits per heavy atom. The van der Waals surface area contributed by atoms with Gasteiger partial charge in [0.25, 0.3) is 0 Å². The predicted molar refractivity (Wildman–Crippen MR) is 82.3 cm³/mol. The van der Waals surface area contributed by atoms with Crippen LogP contribution < -0.4 is 10.5 Å². The SMILES string of the molecule is CCOc1ccc(C(CN)c2ccc(C)s2)cc1C. The summed E-state index contributed by atoms with van der Waals surface area (Å²) in [5.41, 5.74) is 8.41. The van der Waals surface area contributed by atoms with Gasteiger partial charge in [0, 0.05) is 22.2 Å². The lowest BCUT2D eigenvalue weighted by Crippen LogP contribution is -2.13. The number of hydrogen-bond acceptors (Lipinski definition) is 3. The molecule has 3 heteroatoms. The zero-order valence-electron chi connectivity index (χ0n) is 11.8. The van der Waals surface area contributed by atoms with Crippen LogP contribution in [0.1, 0.15) is 33.7 Å². The van der Waals surface area contributed by atoms with E-state index in [4.69, 9.17) is 10.5 Å². The van der Waals surface area contributed by atoms with Crippen LogP contribution in [-0.2, 0) is 0 Å². The third-order valence-electron chi connectivity index (χ3n) is 3.24. The Morgan fingerprint density at radius 3 is 2.53 bits per heavy atom. The molecule has 0 amide bonds. The largest absolute Gasteiger partial charge is 0.494 e. The summed E-state index contributed by atoms with van der Waals surface area (Å²) in [5, 5.41) is 0. The van der Waals surface area contributed by atoms with Gasteiger partial charge >= 0.3 is 0 Å². The first-order valence-corrected chi connectivity index (χ1v) is 7.47. The first kappa shape index (κ1) is 14.1. The molecule has 2 rings (SSSR count). The molecule has 0 spiro atoms. The summed E-state index contributed by atoms with van der Waals surface area (Å²) >= 11 is 1.82. The number of hydrogen-bond donors (Lipinski definition) is 1. The standard InChI is InChI=1S/C16H21NOS/c1-4-18-15-7-6-13(9-11(15)2)14(10-17)16-8-5-12(3)19-16/h5-9,14H,4,10,17H2,1-3H3. The number of ether oxygens (including phenoxy) is 1.